The number of nitrogens with one attached hydrogen (secondary N) is 1. The second-order valence-electron chi connectivity index (χ2n) is 4.60. The fraction of sp³-hybridized carbons (Fsp3) is 0. The molecule has 22 heavy (non-hydrogen) atoms. The number of hydrogen-bond donors (Lipinski definition) is 1. The summed E-state index contributed by atoms with van der Waals surface area (Å²) in [5, 5.41) is 1.91. The Morgan fingerprint density at radius 1 is 1.05 bits per heavy atom. The minimum atomic E-state index is -0.458. The maximum Gasteiger partial charge on any atom is 0.290 e. The van der Waals surface area contributed by atoms with E-state index in [9.17, 15) is 14.0 Å². The van der Waals surface area contributed by atoms with Crippen molar-refractivity contribution in [3.63, 3.8) is 0 Å². The van der Waals surface area contributed by atoms with Crippen molar-refractivity contribution in [3.8, 4) is 11.1 Å². The van der Waals surface area contributed by atoms with E-state index in [1.54, 1.807) is 18.2 Å². The molecular formula is C16H9ClFNO2S. The predicted octanol–water partition coefficient (Wildman–Crippen LogP) is 4.47. The van der Waals surface area contributed by atoms with Crippen molar-refractivity contribution in [2.24, 2.45) is 0 Å². The molecule has 0 unspecified atom stereocenters. The normalized spacial score (nSPS) is 16.2. The minimum Gasteiger partial charge on any atom is -0.282 e. The average Bonchev–Trinajstić information content (AvgIpc) is 2.81. The molecule has 0 spiro atoms. The largest absolute Gasteiger partial charge is 0.290 e. The van der Waals surface area contributed by atoms with E-state index in [4.69, 9.17) is 11.6 Å². The van der Waals surface area contributed by atoms with Crippen LogP contribution in [0.3, 0.4) is 0 Å². The molecule has 1 saturated heterocycles. The second-order valence-corrected chi connectivity index (χ2v) is 6.03. The third kappa shape index (κ3) is 3.05. The highest BCUT2D eigenvalue weighted by atomic mass is 35.5. The number of carbonyl (C=O) groups is 2. The van der Waals surface area contributed by atoms with Gasteiger partial charge in [-0.1, -0.05) is 41.9 Å². The Morgan fingerprint density at radius 2 is 1.73 bits per heavy atom. The summed E-state index contributed by atoms with van der Waals surface area (Å²) < 4.78 is 13.2. The number of carbonyl (C=O) groups excluding carboxylic acids is 2. The van der Waals surface area contributed by atoms with Gasteiger partial charge < -0.3 is 0 Å². The van der Waals surface area contributed by atoms with Gasteiger partial charge in [-0.05, 0) is 46.7 Å². The van der Waals surface area contributed by atoms with Gasteiger partial charge in [0.25, 0.3) is 11.1 Å². The van der Waals surface area contributed by atoms with Gasteiger partial charge in [-0.15, -0.1) is 0 Å². The zero-order chi connectivity index (χ0) is 15.7. The number of imide groups is 1. The van der Waals surface area contributed by atoms with Gasteiger partial charge in [0, 0.05) is 0 Å². The summed E-state index contributed by atoms with van der Waals surface area (Å²) in [6.07, 6.45) is 1.65. The minimum absolute atomic E-state index is 0.0706. The summed E-state index contributed by atoms with van der Waals surface area (Å²) >= 11 is 6.65. The third-order valence-corrected chi connectivity index (χ3v) is 4.20. The van der Waals surface area contributed by atoms with Crippen LogP contribution >= 0.6 is 23.4 Å². The summed E-state index contributed by atoms with van der Waals surface area (Å²) in [5.41, 5.74) is 2.47. The highest BCUT2D eigenvalue weighted by Gasteiger charge is 2.24. The molecule has 0 aliphatic carbocycles. The molecule has 110 valence electrons. The van der Waals surface area contributed by atoms with Gasteiger partial charge in [-0.3, -0.25) is 14.9 Å². The van der Waals surface area contributed by atoms with Crippen LogP contribution in [0.25, 0.3) is 17.2 Å². The number of amides is 2. The first-order valence-corrected chi connectivity index (χ1v) is 7.53. The van der Waals surface area contributed by atoms with Gasteiger partial charge in [-0.2, -0.15) is 0 Å². The molecule has 3 nitrogen and oxygen atoms in total. The fourth-order valence-electron chi connectivity index (χ4n) is 2.02. The zero-order valence-electron chi connectivity index (χ0n) is 11.1. The number of hydrogen-bond acceptors (Lipinski definition) is 3. The van der Waals surface area contributed by atoms with Gasteiger partial charge in [-0.25, -0.2) is 4.39 Å². The molecule has 1 aliphatic heterocycles. The molecular weight excluding hydrogens is 325 g/mol. The number of benzene rings is 2. The molecule has 2 amide bonds. The maximum absolute atomic E-state index is 13.2. The summed E-state index contributed by atoms with van der Waals surface area (Å²) in [4.78, 5) is 22.9. The average molecular weight is 334 g/mol. The monoisotopic (exact) mass is 333 g/mol. The van der Waals surface area contributed by atoms with E-state index in [1.807, 2.05) is 24.3 Å². The van der Waals surface area contributed by atoms with Crippen molar-refractivity contribution in [3.05, 3.63) is 63.8 Å². The van der Waals surface area contributed by atoms with E-state index in [0.29, 0.717) is 4.91 Å². The maximum atomic E-state index is 13.2. The Balaban J connectivity index is 1.87. The highest BCUT2D eigenvalue weighted by molar-refractivity contribution is 8.18. The first kappa shape index (κ1) is 14.8. The quantitative estimate of drug-likeness (QED) is 0.825. The first-order valence-electron chi connectivity index (χ1n) is 6.33. The summed E-state index contributed by atoms with van der Waals surface area (Å²) in [6, 6.07) is 11.8. The Hall–Kier alpha value is -2.11. The van der Waals surface area contributed by atoms with Crippen molar-refractivity contribution in [1.82, 2.24) is 5.32 Å². The van der Waals surface area contributed by atoms with E-state index >= 15 is 0 Å². The lowest BCUT2D eigenvalue weighted by molar-refractivity contribution is -0.115. The lowest BCUT2D eigenvalue weighted by Gasteiger charge is -2.04. The van der Waals surface area contributed by atoms with Crippen molar-refractivity contribution >= 4 is 40.6 Å². The molecule has 1 N–H and O–H groups in total. The van der Waals surface area contributed by atoms with Crippen LogP contribution in [0.2, 0.25) is 5.02 Å². The van der Waals surface area contributed by atoms with Crippen LogP contribution in [-0.4, -0.2) is 11.1 Å². The molecule has 2 aromatic carbocycles. The second kappa shape index (κ2) is 5.94. The standard InChI is InChI=1S/C16H9ClFNO2S/c17-12-8-11(5-6-13(12)18)10-3-1-9(2-4-10)7-14-15(20)19-16(21)22-14/h1-8H,(H,19,20,21)/b14-7+. The van der Waals surface area contributed by atoms with Crippen molar-refractivity contribution in [1.29, 1.82) is 0 Å². The SMILES string of the molecule is O=C1NC(=O)/C(=C\c2ccc(-c3ccc(F)c(Cl)c3)cc2)S1. The third-order valence-electron chi connectivity index (χ3n) is 3.10. The molecule has 0 radical (unpaired) electrons. The van der Waals surface area contributed by atoms with Gasteiger partial charge >= 0.3 is 0 Å². The fourth-order valence-corrected chi connectivity index (χ4v) is 2.88. The first-order chi connectivity index (χ1) is 10.5. The van der Waals surface area contributed by atoms with Crippen molar-refractivity contribution in [2.45, 2.75) is 0 Å². The molecule has 0 saturated carbocycles. The van der Waals surface area contributed by atoms with Crippen LogP contribution in [-0.2, 0) is 4.79 Å². The smallest absolute Gasteiger partial charge is 0.282 e. The molecule has 0 bridgehead atoms. The van der Waals surface area contributed by atoms with E-state index < -0.39 is 5.82 Å². The molecule has 2 aromatic rings. The number of thioether (sulfide) groups is 1. The van der Waals surface area contributed by atoms with Crippen LogP contribution < -0.4 is 5.32 Å². The van der Waals surface area contributed by atoms with Crippen LogP contribution in [0.5, 0.6) is 0 Å². The predicted molar refractivity (Wildman–Crippen MR) is 86.0 cm³/mol. The lowest BCUT2D eigenvalue weighted by Crippen LogP contribution is -2.17. The molecule has 1 aliphatic rings. The number of halogens is 2. The van der Waals surface area contributed by atoms with Crippen molar-refractivity contribution in [2.75, 3.05) is 0 Å². The highest BCUT2D eigenvalue weighted by Crippen LogP contribution is 2.28. The van der Waals surface area contributed by atoms with E-state index in [2.05, 4.69) is 5.32 Å². The van der Waals surface area contributed by atoms with E-state index in [1.165, 1.54) is 6.07 Å². The van der Waals surface area contributed by atoms with Gasteiger partial charge in [0.05, 0.1) is 9.93 Å². The Labute approximate surface area is 135 Å². The topological polar surface area (TPSA) is 46.2 Å². The Kier molecular flexibility index (Phi) is 4.00. The molecule has 6 heteroatoms. The van der Waals surface area contributed by atoms with Gasteiger partial charge in [0.2, 0.25) is 0 Å². The van der Waals surface area contributed by atoms with Crippen LogP contribution in [0.4, 0.5) is 9.18 Å². The Morgan fingerprint density at radius 3 is 2.32 bits per heavy atom. The molecule has 1 fully saturated rings. The van der Waals surface area contributed by atoms with Crippen LogP contribution in [0, 0.1) is 5.82 Å². The molecule has 0 aromatic heterocycles. The molecule has 3 rings (SSSR count). The van der Waals surface area contributed by atoms with E-state index in [0.717, 1.165) is 28.5 Å². The summed E-state index contributed by atoms with van der Waals surface area (Å²) in [5.74, 6) is -0.842. The zero-order valence-corrected chi connectivity index (χ0v) is 12.7. The van der Waals surface area contributed by atoms with Crippen LogP contribution in [0.15, 0.2) is 47.4 Å². The Bertz CT molecular complexity index is 802. The molecule has 1 heterocycles. The summed E-state index contributed by atoms with van der Waals surface area (Å²) in [6.45, 7) is 0. The van der Waals surface area contributed by atoms with Crippen molar-refractivity contribution < 1.29 is 14.0 Å². The lowest BCUT2D eigenvalue weighted by atomic mass is 10.0. The van der Waals surface area contributed by atoms with Gasteiger partial charge in [0.1, 0.15) is 5.82 Å². The number of rotatable bonds is 2. The summed E-state index contributed by atoms with van der Waals surface area (Å²) in [7, 11) is 0. The van der Waals surface area contributed by atoms with Gasteiger partial charge in [0.15, 0.2) is 0 Å². The van der Waals surface area contributed by atoms with E-state index in [-0.39, 0.29) is 16.2 Å². The van der Waals surface area contributed by atoms with Crippen LogP contribution in [0.1, 0.15) is 5.56 Å². The molecule has 0 atom stereocenters.